The molecule has 0 saturated carbocycles. The predicted molar refractivity (Wildman–Crippen MR) is 87.6 cm³/mol. The van der Waals surface area contributed by atoms with Gasteiger partial charge < -0.3 is 10.5 Å². The number of nitrogens with zero attached hydrogens (tertiary/aromatic N) is 5. The van der Waals surface area contributed by atoms with Crippen molar-refractivity contribution in [1.29, 1.82) is 0 Å². The number of rotatable bonds is 5. The van der Waals surface area contributed by atoms with Gasteiger partial charge in [-0.05, 0) is 38.2 Å². The third-order valence-corrected chi connectivity index (χ3v) is 2.98. The summed E-state index contributed by atoms with van der Waals surface area (Å²) in [4.78, 5) is 10.1. The summed E-state index contributed by atoms with van der Waals surface area (Å²) >= 11 is 4.92. The molecule has 2 aromatic rings. The average molecular weight is 334 g/mol. The van der Waals surface area contributed by atoms with Crippen molar-refractivity contribution in [3.8, 4) is 5.88 Å². The van der Waals surface area contributed by atoms with Crippen LogP contribution in [0.3, 0.4) is 0 Å². The summed E-state index contributed by atoms with van der Waals surface area (Å²) in [5, 5.41) is 23.0. The zero-order chi connectivity index (χ0) is 17.0. The van der Waals surface area contributed by atoms with Crippen LogP contribution in [0.1, 0.15) is 12.6 Å². The maximum Gasteiger partial charge on any atom is 0.269 e. The number of aromatic nitrogens is 2. The maximum absolute atomic E-state index is 10.6. The normalized spacial score (nSPS) is 10.9. The second kappa shape index (κ2) is 6.92. The van der Waals surface area contributed by atoms with Gasteiger partial charge in [-0.2, -0.15) is 14.9 Å². The van der Waals surface area contributed by atoms with Crippen LogP contribution in [-0.4, -0.2) is 26.4 Å². The molecule has 120 valence electrons. The van der Waals surface area contributed by atoms with Crippen molar-refractivity contribution < 1.29 is 9.66 Å². The first-order valence-corrected chi connectivity index (χ1v) is 7.03. The number of thiocarbonyl (C=S) groups is 1. The zero-order valence-electron chi connectivity index (χ0n) is 12.5. The molecule has 23 heavy (non-hydrogen) atoms. The molecule has 0 amide bonds. The highest BCUT2D eigenvalue weighted by Crippen LogP contribution is 2.32. The fraction of sp³-hybridized carbons (Fsp3) is 0.231. The fourth-order valence-corrected chi connectivity index (χ4v) is 1.90. The predicted octanol–water partition coefficient (Wildman–Crippen LogP) is 3.01. The highest BCUT2D eigenvalue weighted by Gasteiger charge is 2.18. The number of nitrogens with two attached hydrogens (primary N) is 1. The van der Waals surface area contributed by atoms with E-state index in [0.29, 0.717) is 29.6 Å². The Labute approximate surface area is 136 Å². The van der Waals surface area contributed by atoms with Crippen LogP contribution in [0.5, 0.6) is 5.88 Å². The summed E-state index contributed by atoms with van der Waals surface area (Å²) in [7, 11) is 0. The van der Waals surface area contributed by atoms with Gasteiger partial charge in [-0.25, -0.2) is 0 Å². The number of nitro benzene ring substituents is 1. The summed E-state index contributed by atoms with van der Waals surface area (Å²) < 4.78 is 6.76. The first-order chi connectivity index (χ1) is 10.9. The van der Waals surface area contributed by atoms with Gasteiger partial charge in [0.05, 0.1) is 22.9 Å². The minimum atomic E-state index is -0.482. The van der Waals surface area contributed by atoms with E-state index in [1.54, 1.807) is 6.92 Å². The topological polar surface area (TPSA) is 121 Å². The van der Waals surface area contributed by atoms with Crippen LogP contribution in [0.2, 0.25) is 0 Å². The van der Waals surface area contributed by atoms with E-state index in [9.17, 15) is 10.1 Å². The monoisotopic (exact) mass is 334 g/mol. The van der Waals surface area contributed by atoms with E-state index in [1.165, 1.54) is 28.9 Å². The number of hydrogen-bond acceptors (Lipinski definition) is 7. The summed E-state index contributed by atoms with van der Waals surface area (Å²) in [6, 6.07) is 5.69. The van der Waals surface area contributed by atoms with E-state index >= 15 is 0 Å². The molecule has 0 aliphatic rings. The molecule has 0 aliphatic carbocycles. The Morgan fingerprint density at radius 3 is 2.61 bits per heavy atom. The van der Waals surface area contributed by atoms with Crippen molar-refractivity contribution in [2.45, 2.75) is 13.8 Å². The molecule has 0 unspecified atom stereocenters. The molecule has 0 atom stereocenters. The first-order valence-electron chi connectivity index (χ1n) is 6.62. The lowest BCUT2D eigenvalue weighted by Crippen LogP contribution is -2.21. The molecule has 1 aromatic carbocycles. The Morgan fingerprint density at radius 1 is 1.43 bits per heavy atom. The number of aryl methyl sites for hydroxylation is 1. The lowest BCUT2D eigenvalue weighted by atomic mass is 10.3. The molecule has 0 aliphatic heterocycles. The Kier molecular flexibility index (Phi) is 4.96. The summed E-state index contributed by atoms with van der Waals surface area (Å²) in [5.41, 5.74) is 6.99. The average Bonchev–Trinajstić information content (AvgIpc) is 2.82. The second-order valence-electron chi connectivity index (χ2n) is 4.40. The van der Waals surface area contributed by atoms with E-state index in [1.807, 2.05) is 6.92 Å². The number of hydrogen-bond donors (Lipinski definition) is 1. The van der Waals surface area contributed by atoms with Crippen LogP contribution in [-0.2, 0) is 0 Å². The minimum absolute atomic E-state index is 0.0172. The number of azo groups is 1. The number of ether oxygens (including phenoxy) is 1. The third kappa shape index (κ3) is 3.66. The number of benzene rings is 1. The summed E-state index contributed by atoms with van der Waals surface area (Å²) in [5.74, 6) is 0.308. The van der Waals surface area contributed by atoms with Gasteiger partial charge >= 0.3 is 0 Å². The van der Waals surface area contributed by atoms with Crippen LogP contribution in [0.25, 0.3) is 0 Å². The summed E-state index contributed by atoms with van der Waals surface area (Å²) in [6.45, 7) is 3.92. The van der Waals surface area contributed by atoms with Gasteiger partial charge in [0.2, 0.25) is 5.88 Å². The Balaban J connectivity index is 2.35. The lowest BCUT2D eigenvalue weighted by Gasteiger charge is -2.05. The van der Waals surface area contributed by atoms with Crippen molar-refractivity contribution >= 4 is 34.4 Å². The Bertz CT molecular complexity index is 769. The van der Waals surface area contributed by atoms with E-state index in [-0.39, 0.29) is 10.8 Å². The SMILES string of the molecule is CCOc1c(N=Nc2ccc([N+](=O)[O-])cc2)c(C)nn1C(N)=S. The van der Waals surface area contributed by atoms with Crippen LogP contribution in [0.4, 0.5) is 17.1 Å². The first kappa shape index (κ1) is 16.5. The highest BCUT2D eigenvalue weighted by atomic mass is 32.1. The largest absolute Gasteiger partial charge is 0.476 e. The molecular weight excluding hydrogens is 320 g/mol. The maximum atomic E-state index is 10.6. The van der Waals surface area contributed by atoms with E-state index in [0.717, 1.165) is 0 Å². The quantitative estimate of drug-likeness (QED) is 0.388. The third-order valence-electron chi connectivity index (χ3n) is 2.80. The van der Waals surface area contributed by atoms with Crippen LogP contribution in [0.15, 0.2) is 34.5 Å². The molecule has 0 bridgehead atoms. The number of nitro groups is 1. The summed E-state index contributed by atoms with van der Waals surface area (Å²) in [6.07, 6.45) is 0. The number of non-ortho nitro benzene ring substituents is 1. The molecule has 0 saturated heterocycles. The van der Waals surface area contributed by atoms with Gasteiger partial charge in [-0.1, -0.05) is 0 Å². The molecule has 10 heteroatoms. The van der Waals surface area contributed by atoms with Gasteiger partial charge in [0.25, 0.3) is 5.69 Å². The molecule has 1 heterocycles. The molecule has 0 spiro atoms. The molecule has 2 rings (SSSR count). The van der Waals surface area contributed by atoms with Gasteiger partial charge in [-0.3, -0.25) is 10.1 Å². The minimum Gasteiger partial charge on any atom is -0.476 e. The zero-order valence-corrected chi connectivity index (χ0v) is 13.3. The standard InChI is InChI=1S/C13H14N6O3S/c1-3-22-12-11(8(2)17-18(12)13(14)23)16-15-9-4-6-10(7-5-9)19(20)21/h4-7H,3H2,1-2H3,(H2,14,23). The molecule has 2 N–H and O–H groups in total. The van der Waals surface area contributed by atoms with Gasteiger partial charge in [0.1, 0.15) is 0 Å². The molecule has 1 aromatic heterocycles. The van der Waals surface area contributed by atoms with Crippen molar-refractivity contribution in [2.75, 3.05) is 6.61 Å². The molecular formula is C13H14N6O3S. The van der Waals surface area contributed by atoms with E-state index in [4.69, 9.17) is 22.7 Å². The van der Waals surface area contributed by atoms with E-state index < -0.39 is 4.92 Å². The van der Waals surface area contributed by atoms with Crippen LogP contribution >= 0.6 is 12.2 Å². The molecule has 0 radical (unpaired) electrons. The van der Waals surface area contributed by atoms with Crippen molar-refractivity contribution in [2.24, 2.45) is 16.0 Å². The highest BCUT2D eigenvalue weighted by molar-refractivity contribution is 7.80. The van der Waals surface area contributed by atoms with Crippen molar-refractivity contribution in [3.05, 3.63) is 40.1 Å². The smallest absolute Gasteiger partial charge is 0.269 e. The van der Waals surface area contributed by atoms with Crippen LogP contribution < -0.4 is 10.5 Å². The van der Waals surface area contributed by atoms with Gasteiger partial charge in [0, 0.05) is 12.1 Å². The molecule has 9 nitrogen and oxygen atoms in total. The van der Waals surface area contributed by atoms with Gasteiger partial charge in [0.15, 0.2) is 10.8 Å². The van der Waals surface area contributed by atoms with E-state index in [2.05, 4.69) is 15.3 Å². The lowest BCUT2D eigenvalue weighted by molar-refractivity contribution is -0.384. The Hall–Kier alpha value is -2.88. The van der Waals surface area contributed by atoms with Gasteiger partial charge in [-0.15, -0.1) is 5.11 Å². The fourth-order valence-electron chi connectivity index (χ4n) is 1.78. The molecule has 0 fully saturated rings. The Morgan fingerprint density at radius 2 is 2.09 bits per heavy atom. The van der Waals surface area contributed by atoms with Crippen molar-refractivity contribution in [3.63, 3.8) is 0 Å². The van der Waals surface area contributed by atoms with Crippen LogP contribution in [0, 0.1) is 17.0 Å². The van der Waals surface area contributed by atoms with Crippen molar-refractivity contribution in [1.82, 2.24) is 9.78 Å². The second-order valence-corrected chi connectivity index (χ2v) is 4.81.